The number of rotatable bonds is 4. The second-order valence-corrected chi connectivity index (χ2v) is 8.77. The summed E-state index contributed by atoms with van der Waals surface area (Å²) in [5.74, 6) is 1.12. The van der Waals surface area contributed by atoms with E-state index in [0.717, 1.165) is 39.8 Å². The molecule has 160 valence electrons. The van der Waals surface area contributed by atoms with E-state index in [2.05, 4.69) is 15.2 Å². The maximum atomic E-state index is 13.3. The van der Waals surface area contributed by atoms with Crippen LogP contribution < -0.4 is 5.32 Å². The van der Waals surface area contributed by atoms with Crippen LogP contribution in [0.5, 0.6) is 0 Å². The highest BCUT2D eigenvalue weighted by Gasteiger charge is 2.33. The van der Waals surface area contributed by atoms with Crippen molar-refractivity contribution in [2.45, 2.75) is 26.6 Å². The molecule has 3 heterocycles. The molecule has 0 unspecified atom stereocenters. The number of halogens is 4. The molecule has 4 rings (SSSR count). The van der Waals surface area contributed by atoms with Crippen molar-refractivity contribution in [3.05, 3.63) is 45.1 Å². The number of anilines is 2. The fourth-order valence-electron chi connectivity index (χ4n) is 3.37. The molecule has 0 amide bonds. The van der Waals surface area contributed by atoms with E-state index in [1.165, 1.54) is 12.1 Å². The van der Waals surface area contributed by atoms with E-state index in [9.17, 15) is 13.2 Å². The Kier molecular flexibility index (Phi) is 5.89. The van der Waals surface area contributed by atoms with E-state index in [1.54, 1.807) is 11.3 Å². The van der Waals surface area contributed by atoms with Crippen LogP contribution in [0.2, 0.25) is 5.02 Å². The monoisotopic (exact) mass is 456 g/mol. The number of hydrogen-bond acceptors (Lipinski definition) is 6. The number of thiophene rings is 1. The SMILES string of the molecule is Cc1sc2nc(CN3CCOCC3)nc(Nc3ccc(Cl)c(C(F)(F)F)c3)c2c1C. The van der Waals surface area contributed by atoms with Crippen molar-refractivity contribution < 1.29 is 17.9 Å². The van der Waals surface area contributed by atoms with Gasteiger partial charge in [0.1, 0.15) is 16.5 Å². The quantitative estimate of drug-likeness (QED) is 0.557. The molecule has 1 aromatic carbocycles. The minimum absolute atomic E-state index is 0.271. The summed E-state index contributed by atoms with van der Waals surface area (Å²) in [5, 5.41) is 3.56. The summed E-state index contributed by atoms with van der Waals surface area (Å²) in [5.41, 5.74) is 0.402. The highest BCUT2D eigenvalue weighted by Crippen LogP contribution is 2.38. The topological polar surface area (TPSA) is 50.3 Å². The normalized spacial score (nSPS) is 15.7. The molecule has 1 saturated heterocycles. The Hall–Kier alpha value is -1.94. The summed E-state index contributed by atoms with van der Waals surface area (Å²) in [7, 11) is 0. The maximum Gasteiger partial charge on any atom is 0.417 e. The standard InChI is InChI=1S/C20H20ClF3N4OS/c1-11-12(2)30-19-17(11)18(26-16(27-19)10-28-5-7-29-8-6-28)25-13-3-4-15(21)14(9-13)20(22,23)24/h3-4,9H,5-8,10H2,1-2H3,(H,25,26,27). The molecular formula is C20H20ClF3N4OS. The third-order valence-electron chi connectivity index (χ3n) is 5.08. The molecule has 0 atom stereocenters. The third-order valence-corrected chi connectivity index (χ3v) is 6.51. The molecule has 0 radical (unpaired) electrons. The first-order valence-electron chi connectivity index (χ1n) is 9.43. The van der Waals surface area contributed by atoms with Gasteiger partial charge in [-0.25, -0.2) is 9.97 Å². The summed E-state index contributed by atoms with van der Waals surface area (Å²) in [4.78, 5) is 13.5. The van der Waals surface area contributed by atoms with Crippen LogP contribution in [0.1, 0.15) is 21.8 Å². The number of fused-ring (bicyclic) bond motifs is 1. The highest BCUT2D eigenvalue weighted by atomic mass is 35.5. The van der Waals surface area contributed by atoms with Crippen LogP contribution in [0.25, 0.3) is 10.2 Å². The number of nitrogens with one attached hydrogen (secondary N) is 1. The van der Waals surface area contributed by atoms with Crippen LogP contribution in [0.3, 0.4) is 0 Å². The molecule has 0 aliphatic carbocycles. The second-order valence-electron chi connectivity index (χ2n) is 7.16. The van der Waals surface area contributed by atoms with Crippen LogP contribution in [0.15, 0.2) is 18.2 Å². The van der Waals surface area contributed by atoms with Crippen LogP contribution in [-0.2, 0) is 17.5 Å². The maximum absolute atomic E-state index is 13.3. The zero-order valence-corrected chi connectivity index (χ0v) is 18.0. The van der Waals surface area contributed by atoms with Gasteiger partial charge in [-0.1, -0.05) is 11.6 Å². The lowest BCUT2D eigenvalue weighted by atomic mass is 10.1. The first kappa shape index (κ1) is 21.3. The Bertz CT molecular complexity index is 1080. The van der Waals surface area contributed by atoms with Gasteiger partial charge in [-0.2, -0.15) is 13.2 Å². The number of ether oxygens (including phenoxy) is 1. The Balaban J connectivity index is 1.73. The first-order valence-corrected chi connectivity index (χ1v) is 10.6. The molecule has 0 spiro atoms. The summed E-state index contributed by atoms with van der Waals surface area (Å²) in [6.07, 6.45) is -4.54. The smallest absolute Gasteiger partial charge is 0.379 e. The number of benzene rings is 1. The molecule has 3 aromatic rings. The van der Waals surface area contributed by atoms with Gasteiger partial charge in [0.15, 0.2) is 0 Å². The van der Waals surface area contributed by atoms with Gasteiger partial charge in [-0.3, -0.25) is 4.90 Å². The van der Waals surface area contributed by atoms with E-state index < -0.39 is 11.7 Å². The molecule has 2 aromatic heterocycles. The first-order chi connectivity index (χ1) is 14.2. The fourth-order valence-corrected chi connectivity index (χ4v) is 4.64. The molecular weight excluding hydrogens is 437 g/mol. The van der Waals surface area contributed by atoms with Crippen LogP contribution in [-0.4, -0.2) is 41.2 Å². The summed E-state index contributed by atoms with van der Waals surface area (Å²) < 4.78 is 45.2. The van der Waals surface area contributed by atoms with Crippen molar-refractivity contribution in [2.75, 3.05) is 31.6 Å². The van der Waals surface area contributed by atoms with E-state index in [1.807, 2.05) is 13.8 Å². The number of aryl methyl sites for hydroxylation is 2. The van der Waals surface area contributed by atoms with E-state index in [4.69, 9.17) is 21.3 Å². The lowest BCUT2D eigenvalue weighted by Gasteiger charge is -2.25. The van der Waals surface area contributed by atoms with Gasteiger partial charge in [-0.05, 0) is 37.6 Å². The molecule has 30 heavy (non-hydrogen) atoms. The Morgan fingerprint density at radius 3 is 2.63 bits per heavy atom. The van der Waals surface area contributed by atoms with Crippen molar-refractivity contribution in [2.24, 2.45) is 0 Å². The van der Waals surface area contributed by atoms with Crippen molar-refractivity contribution in [3.8, 4) is 0 Å². The van der Waals surface area contributed by atoms with Gasteiger partial charge in [0.25, 0.3) is 0 Å². The van der Waals surface area contributed by atoms with Crippen molar-refractivity contribution in [1.29, 1.82) is 0 Å². The van der Waals surface area contributed by atoms with Crippen molar-refractivity contribution in [3.63, 3.8) is 0 Å². The summed E-state index contributed by atoms with van der Waals surface area (Å²) >= 11 is 7.31. The minimum Gasteiger partial charge on any atom is -0.379 e. The number of nitrogens with zero attached hydrogens (tertiary/aromatic N) is 3. The second kappa shape index (κ2) is 8.30. The number of alkyl halides is 3. The minimum atomic E-state index is -4.54. The van der Waals surface area contributed by atoms with E-state index >= 15 is 0 Å². The van der Waals surface area contributed by atoms with Gasteiger partial charge >= 0.3 is 6.18 Å². The number of aromatic nitrogens is 2. The van der Waals surface area contributed by atoms with E-state index in [-0.39, 0.29) is 10.7 Å². The molecule has 1 N–H and O–H groups in total. The third kappa shape index (κ3) is 4.39. The molecule has 1 aliphatic heterocycles. The molecule has 0 bridgehead atoms. The number of morpholine rings is 1. The summed E-state index contributed by atoms with van der Waals surface area (Å²) in [6, 6.07) is 3.76. The average molecular weight is 457 g/mol. The van der Waals surface area contributed by atoms with Crippen LogP contribution in [0.4, 0.5) is 24.7 Å². The lowest BCUT2D eigenvalue weighted by molar-refractivity contribution is -0.137. The average Bonchev–Trinajstić information content (AvgIpc) is 2.97. The molecule has 1 aliphatic rings. The van der Waals surface area contributed by atoms with Gasteiger partial charge in [0.2, 0.25) is 0 Å². The van der Waals surface area contributed by atoms with Gasteiger partial charge in [0, 0.05) is 23.7 Å². The van der Waals surface area contributed by atoms with Crippen molar-refractivity contribution >= 4 is 44.7 Å². The molecule has 1 fully saturated rings. The van der Waals surface area contributed by atoms with Gasteiger partial charge in [-0.15, -0.1) is 11.3 Å². The fraction of sp³-hybridized carbons (Fsp3) is 0.400. The molecule has 0 saturated carbocycles. The van der Waals surface area contributed by atoms with Gasteiger partial charge < -0.3 is 10.1 Å². The van der Waals surface area contributed by atoms with Gasteiger partial charge in [0.05, 0.1) is 35.7 Å². The summed E-state index contributed by atoms with van der Waals surface area (Å²) in [6.45, 7) is 7.42. The Labute approximate surface area is 180 Å². The van der Waals surface area contributed by atoms with Crippen LogP contribution >= 0.6 is 22.9 Å². The van der Waals surface area contributed by atoms with E-state index in [0.29, 0.717) is 31.4 Å². The zero-order valence-electron chi connectivity index (χ0n) is 16.4. The van der Waals surface area contributed by atoms with Crippen LogP contribution in [0, 0.1) is 13.8 Å². The van der Waals surface area contributed by atoms with Crippen molar-refractivity contribution in [1.82, 2.24) is 14.9 Å². The molecule has 5 nitrogen and oxygen atoms in total. The largest absolute Gasteiger partial charge is 0.417 e. The Morgan fingerprint density at radius 1 is 1.20 bits per heavy atom. The predicted molar refractivity (Wildman–Crippen MR) is 113 cm³/mol. The Morgan fingerprint density at radius 2 is 1.93 bits per heavy atom. The highest BCUT2D eigenvalue weighted by molar-refractivity contribution is 7.18. The molecule has 10 heteroatoms. The number of hydrogen-bond donors (Lipinski definition) is 1. The lowest BCUT2D eigenvalue weighted by Crippen LogP contribution is -2.36. The predicted octanol–water partition coefficient (Wildman–Crippen LogP) is 5.56. The zero-order chi connectivity index (χ0) is 21.5.